The number of benzene rings is 1. The molecule has 5 heteroatoms. The molecule has 1 aromatic carbocycles. The Hall–Kier alpha value is -1.91. The minimum atomic E-state index is -0.0139. The summed E-state index contributed by atoms with van der Waals surface area (Å²) in [5.74, 6) is 0.0505. The van der Waals surface area contributed by atoms with Crippen LogP contribution in [-0.2, 0) is 19.5 Å². The molecule has 0 atom stereocenters. The zero-order chi connectivity index (χ0) is 17.0. The van der Waals surface area contributed by atoms with E-state index >= 15 is 0 Å². The molecule has 0 aliphatic rings. The summed E-state index contributed by atoms with van der Waals surface area (Å²) in [5.41, 5.74) is 3.20. The molecule has 0 fully saturated rings. The van der Waals surface area contributed by atoms with E-state index in [1.807, 2.05) is 31.3 Å². The molecule has 0 aliphatic heterocycles. The highest BCUT2D eigenvalue weighted by Crippen LogP contribution is 2.16. The van der Waals surface area contributed by atoms with Gasteiger partial charge >= 0.3 is 0 Å². The van der Waals surface area contributed by atoms with E-state index in [2.05, 4.69) is 5.32 Å². The first-order valence-corrected chi connectivity index (χ1v) is 7.95. The van der Waals surface area contributed by atoms with Crippen LogP contribution >= 0.6 is 11.6 Å². The normalized spacial score (nSPS) is 10.8. The number of nitrogens with one attached hydrogen (secondary N) is 1. The first-order valence-electron chi connectivity index (χ1n) is 7.57. The zero-order valence-electron chi connectivity index (χ0n) is 13.6. The average molecular weight is 333 g/mol. The van der Waals surface area contributed by atoms with E-state index in [1.54, 1.807) is 24.5 Å². The van der Waals surface area contributed by atoms with Crippen LogP contribution in [0.3, 0.4) is 0 Å². The number of rotatable bonds is 6. The van der Waals surface area contributed by atoms with Gasteiger partial charge in [0.1, 0.15) is 0 Å². The van der Waals surface area contributed by atoms with Gasteiger partial charge in [0.15, 0.2) is 5.78 Å². The molecule has 0 radical (unpaired) electrons. The lowest BCUT2D eigenvalue weighted by Gasteiger charge is -2.15. The van der Waals surface area contributed by atoms with Crippen LogP contribution < -0.4 is 10.9 Å². The summed E-state index contributed by atoms with van der Waals surface area (Å²) in [7, 11) is 1.82. The second kappa shape index (κ2) is 7.57. The van der Waals surface area contributed by atoms with Gasteiger partial charge in [0, 0.05) is 24.2 Å². The van der Waals surface area contributed by atoms with Crippen LogP contribution in [0.5, 0.6) is 0 Å². The van der Waals surface area contributed by atoms with Crippen LogP contribution in [0.25, 0.3) is 0 Å². The fourth-order valence-electron chi connectivity index (χ4n) is 2.53. The van der Waals surface area contributed by atoms with Crippen molar-refractivity contribution >= 4 is 17.4 Å². The van der Waals surface area contributed by atoms with Crippen LogP contribution in [0.15, 0.2) is 35.1 Å². The van der Waals surface area contributed by atoms with Gasteiger partial charge in [-0.05, 0) is 38.9 Å². The number of aromatic nitrogens is 1. The highest BCUT2D eigenvalue weighted by atomic mass is 35.5. The van der Waals surface area contributed by atoms with E-state index in [1.165, 1.54) is 0 Å². The van der Waals surface area contributed by atoms with Gasteiger partial charge in [-0.3, -0.25) is 9.59 Å². The molecule has 0 amide bonds. The Morgan fingerprint density at radius 2 is 1.91 bits per heavy atom. The number of hydrogen-bond acceptors (Lipinski definition) is 3. The van der Waals surface area contributed by atoms with Crippen molar-refractivity contribution in [3.05, 3.63) is 68.1 Å². The monoisotopic (exact) mass is 332 g/mol. The van der Waals surface area contributed by atoms with E-state index in [9.17, 15) is 9.59 Å². The van der Waals surface area contributed by atoms with Gasteiger partial charge in [0.05, 0.1) is 10.7 Å². The zero-order valence-corrected chi connectivity index (χ0v) is 14.4. The first kappa shape index (κ1) is 17.4. The Bertz CT molecular complexity index is 764. The number of carbonyl (C=O) groups excluding carboxylic acids is 1. The number of hydrogen-bond donors (Lipinski definition) is 1. The highest BCUT2D eigenvalue weighted by molar-refractivity contribution is 6.31. The van der Waals surface area contributed by atoms with Crippen LogP contribution in [0.1, 0.15) is 34.1 Å². The van der Waals surface area contributed by atoms with E-state index in [0.717, 1.165) is 11.3 Å². The lowest BCUT2D eigenvalue weighted by atomic mass is 10.1. The van der Waals surface area contributed by atoms with Crippen LogP contribution in [0.4, 0.5) is 0 Å². The van der Waals surface area contributed by atoms with Gasteiger partial charge in [-0.25, -0.2) is 0 Å². The van der Waals surface area contributed by atoms with Crippen molar-refractivity contribution in [3.63, 3.8) is 0 Å². The van der Waals surface area contributed by atoms with Gasteiger partial charge in [0.2, 0.25) is 0 Å². The number of carbonyl (C=O) groups is 1. The molecule has 0 spiro atoms. The summed E-state index contributed by atoms with van der Waals surface area (Å²) in [6.45, 7) is 4.41. The molecule has 122 valence electrons. The number of pyridine rings is 1. The SMILES string of the molecule is CNCc1c(Cl)cc(C)c(=O)n1CCc1ccc(C(C)=O)cc1. The molecular weight excluding hydrogens is 312 g/mol. The van der Waals surface area contributed by atoms with Gasteiger partial charge in [-0.1, -0.05) is 35.9 Å². The maximum Gasteiger partial charge on any atom is 0.253 e. The molecule has 0 saturated carbocycles. The second-order valence-electron chi connectivity index (χ2n) is 5.61. The topological polar surface area (TPSA) is 51.1 Å². The standard InChI is InChI=1S/C18H21ClN2O2/c1-12-10-16(19)17(11-20-3)21(18(12)23)9-8-14-4-6-15(7-5-14)13(2)22/h4-7,10,20H,8-9,11H2,1-3H3. The Morgan fingerprint density at radius 3 is 2.48 bits per heavy atom. The molecule has 4 nitrogen and oxygen atoms in total. The Balaban J connectivity index is 2.25. The van der Waals surface area contributed by atoms with Crippen molar-refractivity contribution < 1.29 is 4.79 Å². The predicted octanol–water partition coefficient (Wildman–Crippen LogP) is 2.97. The number of Topliss-reactive ketones (excluding diaryl/α,β-unsaturated/α-hetero) is 1. The van der Waals surface area contributed by atoms with E-state index in [0.29, 0.717) is 35.7 Å². The molecule has 23 heavy (non-hydrogen) atoms. The van der Waals surface area contributed by atoms with Gasteiger partial charge in [0.25, 0.3) is 5.56 Å². The van der Waals surface area contributed by atoms with Gasteiger partial charge in [-0.15, -0.1) is 0 Å². The minimum absolute atomic E-state index is 0.0139. The Morgan fingerprint density at radius 1 is 1.26 bits per heavy atom. The number of halogens is 1. The summed E-state index contributed by atoms with van der Waals surface area (Å²) in [5, 5.41) is 3.65. The summed E-state index contributed by atoms with van der Waals surface area (Å²) >= 11 is 6.29. The van der Waals surface area contributed by atoms with Gasteiger partial charge in [-0.2, -0.15) is 0 Å². The van der Waals surface area contributed by atoms with Crippen molar-refractivity contribution in [2.24, 2.45) is 0 Å². The first-order chi connectivity index (χ1) is 10.9. The third-order valence-electron chi connectivity index (χ3n) is 3.86. The summed E-state index contributed by atoms with van der Waals surface area (Å²) in [4.78, 5) is 23.7. The molecule has 0 aliphatic carbocycles. The van der Waals surface area contributed by atoms with Crippen LogP contribution in [0.2, 0.25) is 5.02 Å². The quantitative estimate of drug-likeness (QED) is 0.827. The molecule has 0 bridgehead atoms. The molecule has 1 N–H and O–H groups in total. The maximum atomic E-state index is 12.4. The fraction of sp³-hybridized carbons (Fsp3) is 0.333. The van der Waals surface area contributed by atoms with Crippen LogP contribution in [0, 0.1) is 6.92 Å². The van der Waals surface area contributed by atoms with E-state index in [4.69, 9.17) is 11.6 Å². The Labute approximate surface area is 141 Å². The highest BCUT2D eigenvalue weighted by Gasteiger charge is 2.11. The van der Waals surface area contributed by atoms with Crippen LogP contribution in [-0.4, -0.2) is 17.4 Å². The number of aryl methyl sites for hydroxylation is 2. The molecule has 0 unspecified atom stereocenters. The largest absolute Gasteiger partial charge is 0.314 e. The third-order valence-corrected chi connectivity index (χ3v) is 4.18. The van der Waals surface area contributed by atoms with Crippen molar-refractivity contribution in [1.82, 2.24) is 9.88 Å². The fourth-order valence-corrected chi connectivity index (χ4v) is 2.86. The van der Waals surface area contributed by atoms with Crippen molar-refractivity contribution in [2.45, 2.75) is 33.4 Å². The van der Waals surface area contributed by atoms with Gasteiger partial charge < -0.3 is 9.88 Å². The smallest absolute Gasteiger partial charge is 0.253 e. The number of nitrogens with zero attached hydrogens (tertiary/aromatic N) is 1. The molecular formula is C18H21ClN2O2. The summed E-state index contributed by atoms with van der Waals surface area (Å²) < 4.78 is 1.73. The molecule has 1 aromatic heterocycles. The number of ketones is 1. The summed E-state index contributed by atoms with van der Waals surface area (Å²) in [6.07, 6.45) is 0.703. The van der Waals surface area contributed by atoms with Crippen molar-refractivity contribution in [3.8, 4) is 0 Å². The lowest BCUT2D eigenvalue weighted by Crippen LogP contribution is -2.28. The molecule has 2 aromatic rings. The predicted molar refractivity (Wildman–Crippen MR) is 93.4 cm³/mol. The Kier molecular flexibility index (Phi) is 5.74. The maximum absolute atomic E-state index is 12.4. The molecule has 1 heterocycles. The third kappa shape index (κ3) is 4.09. The second-order valence-corrected chi connectivity index (χ2v) is 6.02. The average Bonchev–Trinajstić information content (AvgIpc) is 2.52. The van der Waals surface area contributed by atoms with E-state index < -0.39 is 0 Å². The molecule has 2 rings (SSSR count). The van der Waals surface area contributed by atoms with Crippen molar-refractivity contribution in [1.29, 1.82) is 0 Å². The summed E-state index contributed by atoms with van der Waals surface area (Å²) in [6, 6.07) is 9.21. The van der Waals surface area contributed by atoms with E-state index in [-0.39, 0.29) is 11.3 Å². The lowest BCUT2D eigenvalue weighted by molar-refractivity contribution is 0.101. The molecule has 0 saturated heterocycles. The van der Waals surface area contributed by atoms with Crippen molar-refractivity contribution in [2.75, 3.05) is 7.05 Å². The minimum Gasteiger partial charge on any atom is -0.314 e.